The SMILES string of the molecule is CCC1CC2(OCC(CC)(CO)CO2)C(CC)CC12OCC(CC)(CO)CO2. The van der Waals surface area contributed by atoms with Crippen LogP contribution in [-0.2, 0) is 18.9 Å². The fourth-order valence-electron chi connectivity index (χ4n) is 5.03. The van der Waals surface area contributed by atoms with Crippen molar-refractivity contribution in [2.45, 2.75) is 77.8 Å². The summed E-state index contributed by atoms with van der Waals surface area (Å²) in [6, 6.07) is 0. The van der Waals surface area contributed by atoms with Crippen molar-refractivity contribution >= 4 is 0 Å². The quantitative estimate of drug-likeness (QED) is 0.713. The standard InChI is InChI=1S/C22H40O6/c1-5-17-9-22(27-15-20(8-4,12-24)16-28-22)18(6-2)10-21(17)25-13-19(7-3,11-23)14-26-21/h17-18,23-24H,5-16H2,1-4H3. The van der Waals surface area contributed by atoms with Crippen LogP contribution in [-0.4, -0.2) is 61.4 Å². The Bertz CT molecular complexity index is 447. The molecule has 164 valence electrons. The Labute approximate surface area is 169 Å². The van der Waals surface area contributed by atoms with Crippen LogP contribution in [0.5, 0.6) is 0 Å². The molecule has 0 bridgehead atoms. The first kappa shape index (κ1) is 22.4. The highest BCUT2D eigenvalue weighted by Crippen LogP contribution is 2.54. The summed E-state index contributed by atoms with van der Waals surface area (Å²) < 4.78 is 25.7. The maximum absolute atomic E-state index is 9.82. The van der Waals surface area contributed by atoms with Crippen LogP contribution in [0.25, 0.3) is 0 Å². The van der Waals surface area contributed by atoms with E-state index in [0.717, 1.165) is 38.5 Å². The molecule has 1 saturated carbocycles. The molecule has 0 aromatic carbocycles. The van der Waals surface area contributed by atoms with Crippen LogP contribution in [0.3, 0.4) is 0 Å². The van der Waals surface area contributed by atoms with Crippen LogP contribution < -0.4 is 0 Å². The zero-order valence-electron chi connectivity index (χ0n) is 18.2. The molecule has 28 heavy (non-hydrogen) atoms. The molecule has 2 unspecified atom stereocenters. The van der Waals surface area contributed by atoms with Gasteiger partial charge >= 0.3 is 0 Å². The average molecular weight is 401 g/mol. The minimum absolute atomic E-state index is 0.0873. The summed E-state index contributed by atoms with van der Waals surface area (Å²) in [4.78, 5) is 0. The zero-order valence-corrected chi connectivity index (χ0v) is 18.2. The molecule has 3 fully saturated rings. The van der Waals surface area contributed by atoms with E-state index in [0.29, 0.717) is 26.4 Å². The van der Waals surface area contributed by atoms with E-state index in [2.05, 4.69) is 27.7 Å². The summed E-state index contributed by atoms with van der Waals surface area (Å²) in [6.45, 7) is 10.8. The highest BCUT2D eigenvalue weighted by molar-refractivity contribution is 5.01. The minimum atomic E-state index is -0.614. The summed E-state index contributed by atoms with van der Waals surface area (Å²) in [5.74, 6) is -0.881. The molecule has 2 saturated heterocycles. The molecular formula is C22H40O6. The van der Waals surface area contributed by atoms with E-state index in [-0.39, 0.29) is 35.9 Å². The van der Waals surface area contributed by atoms with Crippen LogP contribution in [0.15, 0.2) is 0 Å². The van der Waals surface area contributed by atoms with E-state index in [1.807, 2.05) is 0 Å². The normalized spacial score (nSPS) is 46.9. The Morgan fingerprint density at radius 2 is 0.964 bits per heavy atom. The van der Waals surface area contributed by atoms with Gasteiger partial charge in [0.05, 0.1) is 39.6 Å². The molecule has 0 aromatic heterocycles. The number of aliphatic hydroxyl groups is 2. The highest BCUT2D eigenvalue weighted by Gasteiger charge is 2.60. The second-order valence-corrected chi connectivity index (χ2v) is 9.42. The van der Waals surface area contributed by atoms with Crippen LogP contribution in [0, 0.1) is 22.7 Å². The third kappa shape index (κ3) is 3.65. The van der Waals surface area contributed by atoms with Crippen LogP contribution >= 0.6 is 0 Å². The van der Waals surface area contributed by atoms with Crippen molar-refractivity contribution in [3.63, 3.8) is 0 Å². The van der Waals surface area contributed by atoms with Gasteiger partial charge in [0.15, 0.2) is 11.6 Å². The maximum atomic E-state index is 9.82. The lowest BCUT2D eigenvalue weighted by atomic mass is 9.69. The lowest BCUT2D eigenvalue weighted by molar-refractivity contribution is -0.406. The number of rotatable bonds is 6. The van der Waals surface area contributed by atoms with E-state index in [4.69, 9.17) is 18.9 Å². The fourth-order valence-corrected chi connectivity index (χ4v) is 5.03. The van der Waals surface area contributed by atoms with Crippen LogP contribution in [0.1, 0.15) is 66.2 Å². The predicted octanol–water partition coefficient (Wildman–Crippen LogP) is 3.10. The number of hydrogen-bond acceptors (Lipinski definition) is 6. The van der Waals surface area contributed by atoms with E-state index in [9.17, 15) is 10.2 Å². The molecule has 3 aliphatic rings. The van der Waals surface area contributed by atoms with Gasteiger partial charge in [-0.15, -0.1) is 0 Å². The van der Waals surface area contributed by atoms with Gasteiger partial charge < -0.3 is 29.2 Å². The molecule has 0 amide bonds. The summed E-state index contributed by atoms with van der Waals surface area (Å²) in [6.07, 6.45) is 5.00. The topological polar surface area (TPSA) is 77.4 Å². The van der Waals surface area contributed by atoms with Crippen molar-refractivity contribution in [2.24, 2.45) is 22.7 Å². The lowest BCUT2D eigenvalue weighted by Gasteiger charge is -2.59. The van der Waals surface area contributed by atoms with E-state index in [1.54, 1.807) is 0 Å². The van der Waals surface area contributed by atoms with Crippen LogP contribution in [0.4, 0.5) is 0 Å². The lowest BCUT2D eigenvalue weighted by Crippen LogP contribution is -2.65. The van der Waals surface area contributed by atoms with E-state index < -0.39 is 11.6 Å². The summed E-state index contributed by atoms with van der Waals surface area (Å²) in [5.41, 5.74) is -0.583. The molecule has 2 spiro atoms. The largest absolute Gasteiger partial charge is 0.396 e. The number of ether oxygens (including phenoxy) is 4. The third-order valence-electron chi connectivity index (χ3n) is 7.95. The number of aliphatic hydroxyl groups excluding tert-OH is 2. The van der Waals surface area contributed by atoms with Gasteiger partial charge in [-0.1, -0.05) is 27.7 Å². The predicted molar refractivity (Wildman–Crippen MR) is 106 cm³/mol. The Morgan fingerprint density at radius 3 is 1.18 bits per heavy atom. The molecule has 1 aliphatic carbocycles. The van der Waals surface area contributed by atoms with Crippen molar-refractivity contribution in [3.8, 4) is 0 Å². The monoisotopic (exact) mass is 400 g/mol. The van der Waals surface area contributed by atoms with Gasteiger partial charge in [-0.2, -0.15) is 0 Å². The molecule has 2 atom stereocenters. The van der Waals surface area contributed by atoms with E-state index in [1.165, 1.54) is 0 Å². The maximum Gasteiger partial charge on any atom is 0.171 e. The van der Waals surface area contributed by atoms with Gasteiger partial charge in [0.25, 0.3) is 0 Å². The van der Waals surface area contributed by atoms with Gasteiger partial charge in [-0.3, -0.25) is 0 Å². The second-order valence-electron chi connectivity index (χ2n) is 9.42. The fraction of sp³-hybridized carbons (Fsp3) is 1.00. The Kier molecular flexibility index (Phi) is 6.80. The molecule has 2 N–H and O–H groups in total. The molecular weight excluding hydrogens is 360 g/mol. The van der Waals surface area contributed by atoms with Crippen molar-refractivity contribution in [1.82, 2.24) is 0 Å². The second kappa shape index (κ2) is 8.48. The van der Waals surface area contributed by atoms with Gasteiger partial charge in [-0.05, 0) is 25.7 Å². The summed E-state index contributed by atoms with van der Waals surface area (Å²) in [5, 5.41) is 19.6. The minimum Gasteiger partial charge on any atom is -0.396 e. The van der Waals surface area contributed by atoms with E-state index >= 15 is 0 Å². The Hall–Kier alpha value is -0.240. The summed E-state index contributed by atoms with van der Waals surface area (Å²) >= 11 is 0. The average Bonchev–Trinajstić information content (AvgIpc) is 2.77. The summed E-state index contributed by atoms with van der Waals surface area (Å²) in [7, 11) is 0. The van der Waals surface area contributed by atoms with Gasteiger partial charge in [-0.25, -0.2) is 0 Å². The molecule has 0 aromatic rings. The van der Waals surface area contributed by atoms with Gasteiger partial charge in [0.1, 0.15) is 0 Å². The van der Waals surface area contributed by atoms with Crippen LogP contribution in [0.2, 0.25) is 0 Å². The Morgan fingerprint density at radius 1 is 0.643 bits per heavy atom. The van der Waals surface area contributed by atoms with Crippen molar-refractivity contribution < 1.29 is 29.2 Å². The Balaban J connectivity index is 1.78. The van der Waals surface area contributed by atoms with Crippen molar-refractivity contribution in [2.75, 3.05) is 39.6 Å². The highest BCUT2D eigenvalue weighted by atomic mass is 16.7. The molecule has 2 aliphatic heterocycles. The van der Waals surface area contributed by atoms with Gasteiger partial charge in [0.2, 0.25) is 0 Å². The molecule has 0 radical (unpaired) electrons. The van der Waals surface area contributed by atoms with Gasteiger partial charge in [0, 0.05) is 35.5 Å². The molecule has 2 heterocycles. The molecule has 6 heteroatoms. The first-order valence-electron chi connectivity index (χ1n) is 11.2. The van der Waals surface area contributed by atoms with Crippen molar-refractivity contribution in [1.29, 1.82) is 0 Å². The van der Waals surface area contributed by atoms with Crippen molar-refractivity contribution in [3.05, 3.63) is 0 Å². The zero-order chi connectivity index (χ0) is 20.5. The first-order chi connectivity index (χ1) is 13.4. The molecule has 6 nitrogen and oxygen atoms in total. The smallest absolute Gasteiger partial charge is 0.171 e. The number of hydrogen-bond donors (Lipinski definition) is 2. The first-order valence-corrected chi connectivity index (χ1v) is 11.2. The molecule has 3 rings (SSSR count). The third-order valence-corrected chi connectivity index (χ3v) is 7.95.